The smallest absolute Gasteiger partial charge is 0.174 e. The largest absolute Gasteiger partial charge is 0.493 e. The molecule has 5 heteroatoms. The van der Waals surface area contributed by atoms with E-state index < -0.39 is 0 Å². The molecular weight excluding hydrogens is 497 g/mol. The molecule has 0 aliphatic rings. The van der Waals surface area contributed by atoms with Crippen LogP contribution < -0.4 is 9.47 Å². The molecule has 0 heterocycles. The van der Waals surface area contributed by atoms with Crippen molar-refractivity contribution in [3.05, 3.63) is 91.5 Å². The normalized spacial score (nSPS) is 11.1. The van der Waals surface area contributed by atoms with Gasteiger partial charge in [-0.1, -0.05) is 59.6 Å². The molecule has 3 aromatic carbocycles. The van der Waals surface area contributed by atoms with E-state index in [0.717, 1.165) is 14.7 Å². The van der Waals surface area contributed by atoms with Crippen LogP contribution in [0.15, 0.2) is 60.7 Å². The van der Waals surface area contributed by atoms with Crippen LogP contribution in [-0.4, -0.2) is 7.11 Å². The van der Waals surface area contributed by atoms with Gasteiger partial charge in [-0.2, -0.15) is 5.26 Å². The fraction of sp³-hybridized carbons (Fsp3) is 0.125. The summed E-state index contributed by atoms with van der Waals surface area (Å²) in [6, 6.07) is 21.6. The molecule has 0 bridgehead atoms. The molecule has 0 spiro atoms. The Morgan fingerprint density at radius 1 is 1.14 bits per heavy atom. The number of benzene rings is 3. The van der Waals surface area contributed by atoms with Gasteiger partial charge >= 0.3 is 0 Å². The molecule has 0 saturated carbocycles. The number of rotatable bonds is 6. The summed E-state index contributed by atoms with van der Waals surface area (Å²) in [6.45, 7) is 2.51. The van der Waals surface area contributed by atoms with Crippen molar-refractivity contribution in [3.8, 4) is 17.6 Å². The fourth-order valence-electron chi connectivity index (χ4n) is 2.94. The summed E-state index contributed by atoms with van der Waals surface area (Å²) in [4.78, 5) is 0. The molecule has 0 aliphatic carbocycles. The van der Waals surface area contributed by atoms with E-state index >= 15 is 0 Å². The summed E-state index contributed by atoms with van der Waals surface area (Å²) < 4.78 is 12.5. The first-order chi connectivity index (χ1) is 14.0. The first kappa shape index (κ1) is 21.2. The number of halogens is 2. The Bertz CT molecular complexity index is 1100. The summed E-state index contributed by atoms with van der Waals surface area (Å²) in [5.41, 5.74) is 4.31. The molecule has 0 aromatic heterocycles. The van der Waals surface area contributed by atoms with E-state index in [2.05, 4.69) is 47.7 Å². The summed E-state index contributed by atoms with van der Waals surface area (Å²) in [5.74, 6) is 1.30. The minimum atomic E-state index is 0.451. The van der Waals surface area contributed by atoms with E-state index in [1.807, 2.05) is 42.5 Å². The van der Waals surface area contributed by atoms with E-state index in [0.29, 0.717) is 34.3 Å². The third kappa shape index (κ3) is 5.31. The number of hydrogen-bond acceptors (Lipinski definition) is 3. The Kier molecular flexibility index (Phi) is 7.18. The Hall–Kier alpha value is -2.49. The molecule has 3 aromatic rings. The van der Waals surface area contributed by atoms with E-state index in [4.69, 9.17) is 21.1 Å². The maximum atomic E-state index is 9.61. The van der Waals surface area contributed by atoms with Gasteiger partial charge in [0.25, 0.3) is 0 Å². The van der Waals surface area contributed by atoms with Crippen molar-refractivity contribution in [2.24, 2.45) is 0 Å². The lowest BCUT2D eigenvalue weighted by molar-refractivity contribution is 0.282. The summed E-state index contributed by atoms with van der Waals surface area (Å²) >= 11 is 8.47. The first-order valence-electron chi connectivity index (χ1n) is 8.94. The quantitative estimate of drug-likeness (QED) is 0.204. The van der Waals surface area contributed by atoms with Crippen molar-refractivity contribution in [2.75, 3.05) is 7.11 Å². The Morgan fingerprint density at radius 2 is 1.93 bits per heavy atom. The maximum absolute atomic E-state index is 9.61. The third-order valence-corrected chi connectivity index (χ3v) is 5.44. The average Bonchev–Trinajstić information content (AvgIpc) is 2.71. The standard InChI is InChI=1S/C24H19ClINO2/c1-16-6-5-7-17(10-16)15-29-24-22(26)12-18(13-23(24)28-2)11-19(14-27)20-8-3-4-9-21(20)25/h3-13H,15H2,1-2H3. The zero-order valence-electron chi connectivity index (χ0n) is 16.1. The minimum Gasteiger partial charge on any atom is -0.493 e. The zero-order valence-corrected chi connectivity index (χ0v) is 19.0. The SMILES string of the molecule is COc1cc(C=C(C#N)c2ccccc2Cl)cc(I)c1OCc1cccc(C)c1. The van der Waals surface area contributed by atoms with Gasteiger partial charge in [-0.25, -0.2) is 0 Å². The number of hydrogen-bond donors (Lipinski definition) is 0. The molecule has 0 atom stereocenters. The van der Waals surface area contributed by atoms with Crippen LogP contribution in [0.1, 0.15) is 22.3 Å². The molecule has 29 heavy (non-hydrogen) atoms. The lowest BCUT2D eigenvalue weighted by atomic mass is 10.0. The number of nitrogens with zero attached hydrogens (tertiary/aromatic N) is 1. The highest BCUT2D eigenvalue weighted by Crippen LogP contribution is 2.36. The van der Waals surface area contributed by atoms with Crippen molar-refractivity contribution in [3.63, 3.8) is 0 Å². The molecule has 0 N–H and O–H groups in total. The number of allylic oxidation sites excluding steroid dienone is 1. The molecule has 0 aliphatic heterocycles. The molecule has 0 radical (unpaired) electrons. The fourth-order valence-corrected chi connectivity index (χ4v) is 3.96. The van der Waals surface area contributed by atoms with Gasteiger partial charge in [0, 0.05) is 10.6 Å². The van der Waals surface area contributed by atoms with Crippen LogP contribution in [0.5, 0.6) is 11.5 Å². The molecule has 0 amide bonds. The monoisotopic (exact) mass is 515 g/mol. The summed E-state index contributed by atoms with van der Waals surface area (Å²) in [6.07, 6.45) is 1.80. The van der Waals surface area contributed by atoms with Crippen LogP contribution in [0.25, 0.3) is 11.6 Å². The van der Waals surface area contributed by atoms with Crippen molar-refractivity contribution in [1.29, 1.82) is 5.26 Å². The van der Waals surface area contributed by atoms with Gasteiger partial charge in [0.2, 0.25) is 0 Å². The van der Waals surface area contributed by atoms with Crippen LogP contribution >= 0.6 is 34.2 Å². The van der Waals surface area contributed by atoms with Gasteiger partial charge in [-0.05, 0) is 64.9 Å². The van der Waals surface area contributed by atoms with Crippen molar-refractivity contribution in [2.45, 2.75) is 13.5 Å². The second kappa shape index (κ2) is 9.82. The van der Waals surface area contributed by atoms with Gasteiger partial charge in [-0.3, -0.25) is 0 Å². The van der Waals surface area contributed by atoms with Crippen LogP contribution in [0.3, 0.4) is 0 Å². The van der Waals surface area contributed by atoms with Crippen molar-refractivity contribution >= 4 is 45.8 Å². The molecule has 0 fully saturated rings. The highest BCUT2D eigenvalue weighted by Gasteiger charge is 2.13. The number of ether oxygens (including phenoxy) is 2. The van der Waals surface area contributed by atoms with Crippen LogP contribution in [0.2, 0.25) is 5.02 Å². The van der Waals surface area contributed by atoms with Crippen molar-refractivity contribution < 1.29 is 9.47 Å². The van der Waals surface area contributed by atoms with Gasteiger partial charge in [-0.15, -0.1) is 0 Å². The highest BCUT2D eigenvalue weighted by molar-refractivity contribution is 14.1. The van der Waals surface area contributed by atoms with Crippen LogP contribution in [0.4, 0.5) is 0 Å². The molecule has 3 nitrogen and oxygen atoms in total. The Morgan fingerprint density at radius 3 is 2.62 bits per heavy atom. The van der Waals surface area contributed by atoms with Gasteiger partial charge in [0.05, 0.1) is 22.3 Å². The molecular formula is C24H19ClINO2. The second-order valence-electron chi connectivity index (χ2n) is 6.46. The van der Waals surface area contributed by atoms with E-state index in [-0.39, 0.29) is 0 Å². The average molecular weight is 516 g/mol. The van der Waals surface area contributed by atoms with Crippen LogP contribution in [-0.2, 0) is 6.61 Å². The maximum Gasteiger partial charge on any atom is 0.174 e. The molecule has 0 saturated heterocycles. The van der Waals surface area contributed by atoms with E-state index in [9.17, 15) is 5.26 Å². The predicted molar refractivity (Wildman–Crippen MR) is 126 cm³/mol. The topological polar surface area (TPSA) is 42.2 Å². The Balaban J connectivity index is 1.92. The summed E-state index contributed by atoms with van der Waals surface area (Å²) in [7, 11) is 1.61. The van der Waals surface area contributed by atoms with E-state index in [1.165, 1.54) is 5.56 Å². The molecule has 3 rings (SSSR count). The highest BCUT2D eigenvalue weighted by atomic mass is 127. The Labute approximate surface area is 189 Å². The van der Waals surface area contributed by atoms with Crippen molar-refractivity contribution in [1.82, 2.24) is 0 Å². The van der Waals surface area contributed by atoms with E-state index in [1.54, 1.807) is 19.3 Å². The second-order valence-corrected chi connectivity index (χ2v) is 8.03. The molecule has 146 valence electrons. The summed E-state index contributed by atoms with van der Waals surface area (Å²) in [5, 5.41) is 10.2. The number of methoxy groups -OCH3 is 1. The number of aryl methyl sites for hydroxylation is 1. The van der Waals surface area contributed by atoms with Gasteiger partial charge in [0.1, 0.15) is 6.61 Å². The van der Waals surface area contributed by atoms with Gasteiger partial charge < -0.3 is 9.47 Å². The first-order valence-corrected chi connectivity index (χ1v) is 10.4. The molecule has 0 unspecified atom stereocenters. The van der Waals surface area contributed by atoms with Gasteiger partial charge in [0.15, 0.2) is 11.5 Å². The lowest BCUT2D eigenvalue weighted by Crippen LogP contribution is -2.00. The third-order valence-electron chi connectivity index (χ3n) is 4.31. The minimum absolute atomic E-state index is 0.451. The van der Waals surface area contributed by atoms with Crippen LogP contribution in [0, 0.1) is 21.8 Å². The predicted octanol–water partition coefficient (Wildman–Crippen LogP) is 6.90. The zero-order chi connectivity index (χ0) is 20.8. The lowest BCUT2D eigenvalue weighted by Gasteiger charge is -2.14. The number of nitriles is 1.